The molecule has 9 nitrogen and oxygen atoms in total. The minimum Gasteiger partial charge on any atom is -0.465 e. The maximum atomic E-state index is 15.3. The van der Waals surface area contributed by atoms with E-state index in [1.165, 1.54) is 9.58 Å². The molecule has 11 heteroatoms. The number of benzene rings is 2. The van der Waals surface area contributed by atoms with Gasteiger partial charge >= 0.3 is 6.09 Å². The van der Waals surface area contributed by atoms with Gasteiger partial charge in [-0.1, -0.05) is 18.2 Å². The minimum absolute atomic E-state index is 0.0193. The quantitative estimate of drug-likeness (QED) is 0.380. The lowest BCUT2D eigenvalue weighted by molar-refractivity contribution is 0.137. The summed E-state index contributed by atoms with van der Waals surface area (Å²) >= 11 is 0. The number of nitrogens with zero attached hydrogens (tertiary/aromatic N) is 7. The minimum atomic E-state index is -0.877. The highest BCUT2D eigenvalue weighted by Crippen LogP contribution is 2.38. The van der Waals surface area contributed by atoms with Crippen LogP contribution < -0.4 is 4.90 Å². The molecule has 2 aliphatic rings. The van der Waals surface area contributed by atoms with E-state index in [4.69, 9.17) is 5.10 Å². The Labute approximate surface area is 215 Å². The standard InChI is InChI=1S/C27H23F2N7O2/c1-14-4-3-5-18-25(23-19-13-33(2)31-24(19)21(29)9-20(23)28)32-36(26(14)18)15-6-7-22(30-10-15)34-11-17-8-16(34)12-35(17)27(37)38/h3-7,9-10,13,16-17H,8,11-12H2,1-2H3,(H,37,38)/t16-,17-/m1/s1. The zero-order chi connectivity index (χ0) is 26.3. The van der Waals surface area contributed by atoms with Crippen LogP contribution in [0.2, 0.25) is 0 Å². The monoisotopic (exact) mass is 515 g/mol. The fourth-order valence-corrected chi connectivity index (χ4v) is 6.03. The molecule has 0 radical (unpaired) electrons. The Balaban J connectivity index is 1.32. The molecule has 2 aromatic carbocycles. The van der Waals surface area contributed by atoms with Crippen molar-refractivity contribution >= 4 is 33.7 Å². The summed E-state index contributed by atoms with van der Waals surface area (Å²) in [6.07, 6.45) is 3.25. The lowest BCUT2D eigenvalue weighted by atomic mass is 10.0. The zero-order valence-electron chi connectivity index (χ0n) is 20.6. The summed E-state index contributed by atoms with van der Waals surface area (Å²) < 4.78 is 33.0. The number of anilines is 1. The topological polar surface area (TPSA) is 92.3 Å². The van der Waals surface area contributed by atoms with Crippen molar-refractivity contribution in [2.75, 3.05) is 18.0 Å². The van der Waals surface area contributed by atoms with Gasteiger partial charge in [-0.15, -0.1) is 0 Å². The SMILES string of the molecule is Cc1cccc2c(-c3c(F)cc(F)c4nn(C)cc34)nn(-c3ccc(N4C[C@H]5C[C@@H]4CN5C(=O)O)nc3)c12. The molecule has 0 spiro atoms. The molecule has 0 aliphatic carbocycles. The first-order valence-corrected chi connectivity index (χ1v) is 12.3. The third kappa shape index (κ3) is 3.20. The van der Waals surface area contributed by atoms with E-state index in [0.717, 1.165) is 34.8 Å². The number of para-hydroxylation sites is 1. The van der Waals surface area contributed by atoms with E-state index in [9.17, 15) is 14.3 Å². The number of likely N-dealkylation sites (tertiary alicyclic amines) is 1. The van der Waals surface area contributed by atoms with E-state index in [1.54, 1.807) is 24.1 Å². The van der Waals surface area contributed by atoms with Crippen molar-refractivity contribution < 1.29 is 18.7 Å². The molecule has 2 fully saturated rings. The van der Waals surface area contributed by atoms with Crippen LogP contribution in [-0.4, -0.2) is 65.8 Å². The normalized spacial score (nSPS) is 18.8. The molecule has 1 amide bonds. The summed E-state index contributed by atoms with van der Waals surface area (Å²) in [5.41, 5.74) is 3.13. The lowest BCUT2D eigenvalue weighted by Gasteiger charge is -2.33. The Bertz CT molecular complexity index is 1760. The van der Waals surface area contributed by atoms with E-state index in [2.05, 4.69) is 15.0 Å². The van der Waals surface area contributed by atoms with Gasteiger partial charge in [-0.3, -0.25) is 4.68 Å². The molecular formula is C27H23F2N7O2. The molecule has 3 aromatic heterocycles. The second-order valence-corrected chi connectivity index (χ2v) is 10.0. The van der Waals surface area contributed by atoms with Crippen molar-refractivity contribution in [1.82, 2.24) is 29.4 Å². The van der Waals surface area contributed by atoms with Crippen molar-refractivity contribution in [2.24, 2.45) is 7.05 Å². The van der Waals surface area contributed by atoms with E-state index in [1.807, 2.05) is 37.3 Å². The van der Waals surface area contributed by atoms with Gasteiger partial charge < -0.3 is 14.9 Å². The van der Waals surface area contributed by atoms with E-state index in [0.29, 0.717) is 29.9 Å². The molecule has 0 unspecified atom stereocenters. The van der Waals surface area contributed by atoms with Gasteiger partial charge in [-0.25, -0.2) is 23.2 Å². The van der Waals surface area contributed by atoms with E-state index in [-0.39, 0.29) is 23.2 Å². The number of piperazine rings is 1. The molecule has 192 valence electrons. The van der Waals surface area contributed by atoms with E-state index < -0.39 is 17.7 Å². The average molecular weight is 516 g/mol. The van der Waals surface area contributed by atoms with Gasteiger partial charge in [-0.05, 0) is 31.0 Å². The first kappa shape index (κ1) is 22.6. The average Bonchev–Trinajstić information content (AvgIpc) is 3.67. The molecule has 0 saturated carbocycles. The second kappa shape index (κ2) is 7.98. The largest absolute Gasteiger partial charge is 0.465 e. The second-order valence-electron chi connectivity index (χ2n) is 10.0. The van der Waals surface area contributed by atoms with Gasteiger partial charge in [0.2, 0.25) is 0 Å². The third-order valence-corrected chi connectivity index (χ3v) is 7.72. The molecular weight excluding hydrogens is 492 g/mol. The smallest absolute Gasteiger partial charge is 0.407 e. The van der Waals surface area contributed by atoms with Gasteiger partial charge in [0.15, 0.2) is 5.82 Å². The molecule has 1 N–H and O–H groups in total. The summed E-state index contributed by atoms with van der Waals surface area (Å²) in [4.78, 5) is 19.8. The van der Waals surface area contributed by atoms with Gasteiger partial charge in [-0.2, -0.15) is 10.2 Å². The van der Waals surface area contributed by atoms with Crippen molar-refractivity contribution in [3.05, 3.63) is 66.0 Å². The van der Waals surface area contributed by atoms with Crippen LogP contribution in [0.1, 0.15) is 12.0 Å². The summed E-state index contributed by atoms with van der Waals surface area (Å²) in [6, 6.07) is 10.5. The Kier molecular flexibility index (Phi) is 4.75. The summed E-state index contributed by atoms with van der Waals surface area (Å²) in [6.45, 7) is 3.05. The Morgan fingerprint density at radius 1 is 1.05 bits per heavy atom. The summed E-state index contributed by atoms with van der Waals surface area (Å²) in [5.74, 6) is -0.644. The number of fused-ring (bicyclic) bond motifs is 4. The highest BCUT2D eigenvalue weighted by molar-refractivity contribution is 6.04. The number of rotatable bonds is 3. The van der Waals surface area contributed by atoms with Crippen molar-refractivity contribution in [3.63, 3.8) is 0 Å². The van der Waals surface area contributed by atoms with Crippen LogP contribution in [0.25, 0.3) is 38.8 Å². The molecule has 38 heavy (non-hydrogen) atoms. The van der Waals surface area contributed by atoms with Crippen molar-refractivity contribution in [1.29, 1.82) is 0 Å². The van der Waals surface area contributed by atoms with Crippen LogP contribution in [-0.2, 0) is 7.05 Å². The predicted octanol–water partition coefficient (Wildman–Crippen LogP) is 4.50. The van der Waals surface area contributed by atoms with Crippen LogP contribution in [0.5, 0.6) is 0 Å². The zero-order valence-corrected chi connectivity index (χ0v) is 20.6. The molecule has 5 aromatic rings. The molecule has 2 atom stereocenters. The van der Waals surface area contributed by atoms with Gasteiger partial charge in [0.25, 0.3) is 0 Å². The number of carbonyl (C=O) groups is 1. The highest BCUT2D eigenvalue weighted by Gasteiger charge is 2.45. The maximum Gasteiger partial charge on any atom is 0.407 e. The number of amides is 1. The fourth-order valence-electron chi connectivity index (χ4n) is 6.03. The number of hydrogen-bond donors (Lipinski definition) is 1. The Morgan fingerprint density at radius 3 is 2.61 bits per heavy atom. The van der Waals surface area contributed by atoms with Gasteiger partial charge in [0.05, 0.1) is 29.5 Å². The molecule has 5 heterocycles. The first-order chi connectivity index (χ1) is 18.3. The van der Waals surface area contributed by atoms with Gasteiger partial charge in [0.1, 0.15) is 22.8 Å². The lowest BCUT2D eigenvalue weighted by Crippen LogP contribution is -2.48. The molecule has 7 rings (SSSR count). The maximum absolute atomic E-state index is 15.3. The number of aromatic nitrogens is 5. The van der Waals surface area contributed by atoms with Crippen LogP contribution >= 0.6 is 0 Å². The third-order valence-electron chi connectivity index (χ3n) is 7.72. The number of pyridine rings is 1. The number of aryl methyl sites for hydroxylation is 2. The number of carboxylic acid groups (broad SMARTS) is 1. The highest BCUT2D eigenvalue weighted by atomic mass is 19.1. The van der Waals surface area contributed by atoms with Gasteiger partial charge in [0, 0.05) is 48.7 Å². The summed E-state index contributed by atoms with van der Waals surface area (Å²) in [5, 5.41) is 19.5. The van der Waals surface area contributed by atoms with E-state index >= 15 is 4.39 Å². The van der Waals surface area contributed by atoms with Crippen LogP contribution in [0.4, 0.5) is 19.4 Å². The Morgan fingerprint density at radius 2 is 1.89 bits per heavy atom. The summed E-state index contributed by atoms with van der Waals surface area (Å²) in [7, 11) is 1.67. The molecule has 2 bridgehead atoms. The van der Waals surface area contributed by atoms with Crippen molar-refractivity contribution in [3.8, 4) is 16.9 Å². The molecule has 2 saturated heterocycles. The fraction of sp³-hybridized carbons (Fsp3) is 0.259. The predicted molar refractivity (Wildman–Crippen MR) is 137 cm³/mol. The van der Waals surface area contributed by atoms with Crippen LogP contribution in [0, 0.1) is 18.6 Å². The number of hydrogen-bond acceptors (Lipinski definition) is 5. The van der Waals surface area contributed by atoms with Crippen LogP contribution in [0.15, 0.2) is 48.8 Å². The first-order valence-electron chi connectivity index (χ1n) is 12.3. The molecule has 2 aliphatic heterocycles. The van der Waals surface area contributed by atoms with Crippen molar-refractivity contribution in [2.45, 2.75) is 25.4 Å². The van der Waals surface area contributed by atoms with Crippen LogP contribution in [0.3, 0.4) is 0 Å². The Hall–Kier alpha value is -4.54. The number of halogens is 2.